The second kappa shape index (κ2) is 9.83. The fourth-order valence-corrected chi connectivity index (χ4v) is 4.37. The summed E-state index contributed by atoms with van der Waals surface area (Å²) >= 11 is 0. The Hall–Kier alpha value is -3.42. The number of rotatable bonds is 5. The lowest BCUT2D eigenvalue weighted by molar-refractivity contribution is 0.0501. The van der Waals surface area contributed by atoms with Gasteiger partial charge in [-0.25, -0.2) is 4.79 Å². The van der Waals surface area contributed by atoms with E-state index in [1.807, 2.05) is 19.1 Å². The molecule has 1 atom stereocenters. The SMILES string of the molecule is COc1cc2c(c(OC)c1OC)-c1cc(C)c(OC)c(=O)cc1[C@@H](NC(=O)OC(C)(C)C)CC2. The molecule has 2 aromatic rings. The minimum Gasteiger partial charge on any atom is -0.493 e. The second-order valence-electron chi connectivity index (χ2n) is 9.16. The molecule has 0 heterocycles. The minimum atomic E-state index is -0.657. The van der Waals surface area contributed by atoms with Crippen molar-refractivity contribution in [3.63, 3.8) is 0 Å². The van der Waals surface area contributed by atoms with Crippen LogP contribution < -0.4 is 29.7 Å². The number of methoxy groups -OCH3 is 4. The van der Waals surface area contributed by atoms with Gasteiger partial charge in [-0.2, -0.15) is 0 Å². The highest BCUT2D eigenvalue weighted by Gasteiger charge is 2.31. The van der Waals surface area contributed by atoms with E-state index in [-0.39, 0.29) is 11.2 Å². The number of carbonyl (C=O) groups excluding carboxylic acids is 1. The van der Waals surface area contributed by atoms with E-state index in [2.05, 4.69) is 5.32 Å². The van der Waals surface area contributed by atoms with Gasteiger partial charge in [-0.3, -0.25) is 4.79 Å². The molecule has 0 saturated heterocycles. The van der Waals surface area contributed by atoms with Crippen LogP contribution >= 0.6 is 0 Å². The van der Waals surface area contributed by atoms with Gasteiger partial charge in [0.15, 0.2) is 17.2 Å². The first-order valence-electron chi connectivity index (χ1n) is 11.1. The topological polar surface area (TPSA) is 92.3 Å². The van der Waals surface area contributed by atoms with Crippen LogP contribution in [-0.2, 0) is 11.2 Å². The quantitative estimate of drug-likeness (QED) is 0.683. The van der Waals surface area contributed by atoms with E-state index >= 15 is 0 Å². The second-order valence-corrected chi connectivity index (χ2v) is 9.16. The summed E-state index contributed by atoms with van der Waals surface area (Å²) in [6, 6.07) is 4.84. The van der Waals surface area contributed by atoms with Crippen LogP contribution in [0.4, 0.5) is 4.79 Å². The van der Waals surface area contributed by atoms with Crippen molar-refractivity contribution in [2.75, 3.05) is 28.4 Å². The standard InChI is InChI=1S/C26H33NO7/c1-14-11-17-16(13-19(28)22(14)31-6)18(27-25(29)34-26(2,3)4)10-9-15-12-20(30-5)23(32-7)24(33-8)21(15)17/h11-13,18H,9-10H2,1-8H3,(H,27,29)/t18-/m0/s1. The van der Waals surface area contributed by atoms with Crippen molar-refractivity contribution in [3.8, 4) is 34.1 Å². The van der Waals surface area contributed by atoms with Gasteiger partial charge in [0, 0.05) is 5.56 Å². The van der Waals surface area contributed by atoms with E-state index in [1.165, 1.54) is 13.2 Å². The zero-order chi connectivity index (χ0) is 25.2. The molecule has 2 aromatic carbocycles. The van der Waals surface area contributed by atoms with E-state index in [1.54, 1.807) is 42.1 Å². The monoisotopic (exact) mass is 471 g/mol. The predicted octanol–water partition coefficient (Wildman–Crippen LogP) is 4.57. The molecule has 1 aliphatic carbocycles. The lowest BCUT2D eigenvalue weighted by Gasteiger charge is -2.23. The van der Waals surface area contributed by atoms with Gasteiger partial charge in [-0.05, 0) is 81.0 Å². The summed E-state index contributed by atoms with van der Waals surface area (Å²) in [4.78, 5) is 25.8. The van der Waals surface area contributed by atoms with E-state index in [0.717, 1.165) is 16.7 Å². The summed E-state index contributed by atoms with van der Waals surface area (Å²) in [5.41, 5.74) is 2.84. The molecular weight excluding hydrogens is 438 g/mol. The van der Waals surface area contributed by atoms with Crippen molar-refractivity contribution >= 4 is 6.09 Å². The zero-order valence-electron chi connectivity index (χ0n) is 21.1. The van der Waals surface area contributed by atoms with Gasteiger partial charge >= 0.3 is 6.09 Å². The molecule has 8 heteroatoms. The number of ether oxygens (including phenoxy) is 5. The molecule has 8 nitrogen and oxygen atoms in total. The van der Waals surface area contributed by atoms with E-state index in [9.17, 15) is 9.59 Å². The molecule has 1 aliphatic rings. The normalized spacial score (nSPS) is 14.8. The first kappa shape index (κ1) is 25.2. The van der Waals surface area contributed by atoms with Gasteiger partial charge in [0.2, 0.25) is 11.2 Å². The fourth-order valence-electron chi connectivity index (χ4n) is 4.37. The van der Waals surface area contributed by atoms with Crippen molar-refractivity contribution in [1.82, 2.24) is 5.32 Å². The Balaban J connectivity index is 2.34. The van der Waals surface area contributed by atoms with Crippen molar-refractivity contribution in [3.05, 3.63) is 45.1 Å². The van der Waals surface area contributed by atoms with E-state index < -0.39 is 17.7 Å². The third-order valence-corrected chi connectivity index (χ3v) is 5.69. The number of hydrogen-bond acceptors (Lipinski definition) is 7. The Labute approximate surface area is 200 Å². The first-order valence-corrected chi connectivity index (χ1v) is 11.1. The van der Waals surface area contributed by atoms with Gasteiger partial charge in [-0.15, -0.1) is 0 Å². The molecule has 0 saturated carbocycles. The smallest absolute Gasteiger partial charge is 0.408 e. The molecule has 0 bridgehead atoms. The molecule has 1 N–H and O–H groups in total. The Bertz CT molecular complexity index is 1150. The number of fused-ring (bicyclic) bond motifs is 3. The third kappa shape index (κ3) is 4.90. The van der Waals surface area contributed by atoms with Crippen LogP contribution in [0.1, 0.15) is 49.9 Å². The summed E-state index contributed by atoms with van der Waals surface area (Å²) in [6.07, 6.45) is 0.567. The summed E-state index contributed by atoms with van der Waals surface area (Å²) in [5.74, 6) is 1.72. The van der Waals surface area contributed by atoms with Crippen molar-refractivity contribution in [2.45, 2.75) is 52.2 Å². The zero-order valence-corrected chi connectivity index (χ0v) is 21.1. The molecule has 0 unspecified atom stereocenters. The maximum atomic E-state index is 13.1. The predicted molar refractivity (Wildman–Crippen MR) is 130 cm³/mol. The maximum absolute atomic E-state index is 13.1. The number of hydrogen-bond donors (Lipinski definition) is 1. The Morgan fingerprint density at radius 2 is 1.59 bits per heavy atom. The lowest BCUT2D eigenvalue weighted by Crippen LogP contribution is -2.35. The van der Waals surface area contributed by atoms with E-state index in [0.29, 0.717) is 41.2 Å². The molecule has 3 rings (SSSR count). The van der Waals surface area contributed by atoms with Crippen LogP contribution in [0, 0.1) is 6.92 Å². The van der Waals surface area contributed by atoms with Crippen LogP contribution in [0.15, 0.2) is 23.0 Å². The van der Waals surface area contributed by atoms with Crippen LogP contribution in [-0.4, -0.2) is 40.1 Å². The van der Waals surface area contributed by atoms with Crippen LogP contribution in [0.25, 0.3) is 11.1 Å². The van der Waals surface area contributed by atoms with Crippen molar-refractivity contribution in [2.24, 2.45) is 0 Å². The van der Waals surface area contributed by atoms with Gasteiger partial charge in [0.05, 0.1) is 34.5 Å². The number of aryl methyl sites for hydroxylation is 2. The first-order chi connectivity index (χ1) is 16.0. The largest absolute Gasteiger partial charge is 0.493 e. The van der Waals surface area contributed by atoms with Gasteiger partial charge in [-0.1, -0.05) is 0 Å². The van der Waals surface area contributed by atoms with Crippen molar-refractivity contribution < 1.29 is 28.5 Å². The molecule has 0 radical (unpaired) electrons. The molecule has 34 heavy (non-hydrogen) atoms. The van der Waals surface area contributed by atoms with Gasteiger partial charge in [0.1, 0.15) is 5.60 Å². The molecule has 0 fully saturated rings. The Morgan fingerprint density at radius 1 is 0.941 bits per heavy atom. The summed E-state index contributed by atoms with van der Waals surface area (Å²) in [5, 5.41) is 2.96. The average molecular weight is 472 g/mol. The lowest BCUT2D eigenvalue weighted by atomic mass is 9.95. The summed E-state index contributed by atoms with van der Waals surface area (Å²) in [7, 11) is 6.15. The summed E-state index contributed by atoms with van der Waals surface area (Å²) < 4.78 is 27.9. The van der Waals surface area contributed by atoms with Crippen LogP contribution in [0.5, 0.6) is 23.0 Å². The molecular formula is C26H33NO7. The molecule has 0 aliphatic heterocycles. The Kier molecular flexibility index (Phi) is 7.29. The maximum Gasteiger partial charge on any atom is 0.408 e. The van der Waals surface area contributed by atoms with Gasteiger partial charge < -0.3 is 29.0 Å². The minimum absolute atomic E-state index is 0.241. The van der Waals surface area contributed by atoms with Crippen LogP contribution in [0.3, 0.4) is 0 Å². The number of alkyl carbamates (subject to hydrolysis) is 1. The molecule has 0 spiro atoms. The number of nitrogens with one attached hydrogen (secondary N) is 1. The summed E-state index contributed by atoms with van der Waals surface area (Å²) in [6.45, 7) is 7.22. The number of benzene rings is 1. The third-order valence-electron chi connectivity index (χ3n) is 5.69. The van der Waals surface area contributed by atoms with Crippen LogP contribution in [0.2, 0.25) is 0 Å². The van der Waals surface area contributed by atoms with E-state index in [4.69, 9.17) is 23.7 Å². The average Bonchev–Trinajstić information content (AvgIpc) is 2.97. The highest BCUT2D eigenvalue weighted by atomic mass is 16.6. The highest BCUT2D eigenvalue weighted by Crippen LogP contribution is 2.50. The Morgan fingerprint density at radius 3 is 2.15 bits per heavy atom. The highest BCUT2D eigenvalue weighted by molar-refractivity contribution is 5.83. The molecule has 0 aromatic heterocycles. The fraction of sp³-hybridized carbons (Fsp3) is 0.462. The molecule has 1 amide bonds. The number of amides is 1. The molecule has 184 valence electrons. The van der Waals surface area contributed by atoms with Crippen molar-refractivity contribution in [1.29, 1.82) is 0 Å². The van der Waals surface area contributed by atoms with Gasteiger partial charge in [0.25, 0.3) is 0 Å². The number of carbonyl (C=O) groups is 1.